The molecule has 15 heavy (non-hydrogen) atoms. The Hall–Kier alpha value is -1.78. The number of carboxylic acids is 1. The third kappa shape index (κ3) is 2.18. The fraction of sp³-hybridized carbons (Fsp3) is 0.400. The van der Waals surface area contributed by atoms with Gasteiger partial charge in [-0.15, -0.1) is 0 Å². The van der Waals surface area contributed by atoms with Gasteiger partial charge in [-0.25, -0.2) is 4.79 Å². The Morgan fingerprint density at radius 3 is 2.40 bits per heavy atom. The number of pyridine rings is 1. The number of nitrogens with two attached hydrogens (primary N) is 1. The molecule has 0 spiro atoms. The number of H-pyrrole nitrogens is 1. The fourth-order valence-electron chi connectivity index (χ4n) is 1.38. The van der Waals surface area contributed by atoms with Gasteiger partial charge in [0.2, 0.25) is 0 Å². The largest absolute Gasteiger partial charge is 0.477 e. The van der Waals surface area contributed by atoms with Crippen LogP contribution in [0.25, 0.3) is 0 Å². The Kier molecular flexibility index (Phi) is 2.57. The summed E-state index contributed by atoms with van der Waals surface area (Å²) in [5.41, 5.74) is 4.58. The molecule has 0 fully saturated rings. The lowest BCUT2D eigenvalue weighted by molar-refractivity contribution is 0.0692. The van der Waals surface area contributed by atoms with Crippen molar-refractivity contribution >= 4 is 11.8 Å². The minimum absolute atomic E-state index is 0.176. The first-order chi connectivity index (χ1) is 6.73. The summed E-state index contributed by atoms with van der Waals surface area (Å²) in [4.78, 5) is 24.6. The molecule has 0 aliphatic heterocycles. The predicted octanol–water partition coefficient (Wildman–Crippen LogP) is 0.953. The van der Waals surface area contributed by atoms with Gasteiger partial charge in [-0.05, 0) is 17.0 Å². The SMILES string of the molecule is CC(C)(C)c1cc(N)[nH]c(=O)c1C(=O)O. The van der Waals surface area contributed by atoms with Gasteiger partial charge in [0.15, 0.2) is 0 Å². The topological polar surface area (TPSA) is 96.2 Å². The Labute approximate surface area is 86.9 Å². The molecule has 5 nitrogen and oxygen atoms in total. The average Bonchev–Trinajstić information content (AvgIpc) is 1.99. The summed E-state index contributed by atoms with van der Waals surface area (Å²) in [7, 11) is 0. The van der Waals surface area contributed by atoms with E-state index in [2.05, 4.69) is 4.98 Å². The van der Waals surface area contributed by atoms with Crippen molar-refractivity contribution < 1.29 is 9.90 Å². The molecule has 0 radical (unpaired) electrons. The van der Waals surface area contributed by atoms with E-state index in [4.69, 9.17) is 10.8 Å². The summed E-state index contributed by atoms with van der Waals surface area (Å²) in [6.07, 6.45) is 0. The van der Waals surface area contributed by atoms with Crippen molar-refractivity contribution in [3.05, 3.63) is 27.5 Å². The van der Waals surface area contributed by atoms with Gasteiger partial charge < -0.3 is 15.8 Å². The Balaban J connectivity index is 3.62. The van der Waals surface area contributed by atoms with Crippen LogP contribution in [-0.2, 0) is 5.41 Å². The highest BCUT2D eigenvalue weighted by Crippen LogP contribution is 2.24. The molecule has 0 atom stereocenters. The number of carbonyl (C=O) groups is 1. The number of aromatic nitrogens is 1. The summed E-state index contributed by atoms with van der Waals surface area (Å²) in [6, 6.07) is 1.49. The van der Waals surface area contributed by atoms with Crippen molar-refractivity contribution in [1.82, 2.24) is 4.98 Å². The second-order valence-electron chi connectivity index (χ2n) is 4.40. The van der Waals surface area contributed by atoms with Crippen LogP contribution in [0.1, 0.15) is 36.7 Å². The van der Waals surface area contributed by atoms with Crippen LogP contribution in [0.2, 0.25) is 0 Å². The zero-order valence-corrected chi connectivity index (χ0v) is 8.92. The van der Waals surface area contributed by atoms with Crippen LogP contribution in [0, 0.1) is 0 Å². The number of hydrogen-bond donors (Lipinski definition) is 3. The smallest absolute Gasteiger partial charge is 0.341 e. The highest BCUT2D eigenvalue weighted by Gasteiger charge is 2.24. The first-order valence-electron chi connectivity index (χ1n) is 4.50. The van der Waals surface area contributed by atoms with E-state index in [1.54, 1.807) is 0 Å². The molecule has 0 aliphatic carbocycles. The maximum atomic E-state index is 11.4. The van der Waals surface area contributed by atoms with Gasteiger partial charge >= 0.3 is 5.97 Å². The summed E-state index contributed by atoms with van der Waals surface area (Å²) >= 11 is 0. The molecule has 0 aliphatic rings. The van der Waals surface area contributed by atoms with Crippen LogP contribution in [0.3, 0.4) is 0 Å². The van der Waals surface area contributed by atoms with E-state index in [0.717, 1.165) is 0 Å². The molecule has 4 N–H and O–H groups in total. The van der Waals surface area contributed by atoms with Crippen LogP contribution >= 0.6 is 0 Å². The second-order valence-corrected chi connectivity index (χ2v) is 4.40. The molecular formula is C10H14N2O3. The van der Waals surface area contributed by atoms with E-state index in [1.165, 1.54) is 6.07 Å². The van der Waals surface area contributed by atoms with Crippen LogP contribution in [-0.4, -0.2) is 16.1 Å². The van der Waals surface area contributed by atoms with Gasteiger partial charge in [0.25, 0.3) is 5.56 Å². The number of anilines is 1. The van der Waals surface area contributed by atoms with Gasteiger partial charge in [-0.2, -0.15) is 0 Å². The van der Waals surface area contributed by atoms with Crippen LogP contribution in [0.4, 0.5) is 5.82 Å². The molecule has 1 aromatic heterocycles. The molecule has 82 valence electrons. The first-order valence-corrected chi connectivity index (χ1v) is 4.50. The fourth-order valence-corrected chi connectivity index (χ4v) is 1.38. The van der Waals surface area contributed by atoms with E-state index in [9.17, 15) is 9.59 Å². The van der Waals surface area contributed by atoms with Crippen LogP contribution < -0.4 is 11.3 Å². The van der Waals surface area contributed by atoms with Gasteiger partial charge in [0, 0.05) is 0 Å². The Morgan fingerprint density at radius 1 is 1.47 bits per heavy atom. The second kappa shape index (κ2) is 3.42. The van der Waals surface area contributed by atoms with Gasteiger partial charge in [-0.3, -0.25) is 4.79 Å². The Morgan fingerprint density at radius 2 is 2.00 bits per heavy atom. The van der Waals surface area contributed by atoms with E-state index in [1.807, 2.05) is 20.8 Å². The number of carboxylic acid groups (broad SMARTS) is 1. The lowest BCUT2D eigenvalue weighted by Gasteiger charge is -2.20. The first kappa shape index (κ1) is 11.3. The molecule has 1 aromatic rings. The van der Waals surface area contributed by atoms with E-state index < -0.39 is 16.9 Å². The molecule has 1 rings (SSSR count). The number of aromatic carboxylic acids is 1. The van der Waals surface area contributed by atoms with Crippen LogP contribution in [0.5, 0.6) is 0 Å². The van der Waals surface area contributed by atoms with Crippen molar-refractivity contribution in [2.75, 3.05) is 5.73 Å². The Bertz CT molecular complexity index is 455. The maximum absolute atomic E-state index is 11.4. The van der Waals surface area contributed by atoms with Gasteiger partial charge in [-0.1, -0.05) is 20.8 Å². The molecular weight excluding hydrogens is 196 g/mol. The number of rotatable bonds is 1. The molecule has 0 saturated carbocycles. The lowest BCUT2D eigenvalue weighted by atomic mass is 9.84. The normalized spacial score (nSPS) is 11.4. The number of hydrogen-bond acceptors (Lipinski definition) is 3. The quantitative estimate of drug-likeness (QED) is 0.643. The van der Waals surface area contributed by atoms with Gasteiger partial charge in [0.1, 0.15) is 11.4 Å². The number of nitrogens with one attached hydrogen (secondary N) is 1. The number of nitrogen functional groups attached to an aromatic ring is 1. The maximum Gasteiger partial charge on any atom is 0.341 e. The van der Waals surface area contributed by atoms with E-state index in [-0.39, 0.29) is 11.4 Å². The van der Waals surface area contributed by atoms with Crippen molar-refractivity contribution in [3.8, 4) is 0 Å². The van der Waals surface area contributed by atoms with Crippen molar-refractivity contribution in [3.63, 3.8) is 0 Å². The molecule has 5 heteroatoms. The zero-order chi connectivity index (χ0) is 11.8. The zero-order valence-electron chi connectivity index (χ0n) is 8.92. The van der Waals surface area contributed by atoms with Crippen molar-refractivity contribution in [2.45, 2.75) is 26.2 Å². The summed E-state index contributed by atoms with van der Waals surface area (Å²) in [5.74, 6) is -1.06. The predicted molar refractivity (Wildman–Crippen MR) is 57.1 cm³/mol. The lowest BCUT2D eigenvalue weighted by Crippen LogP contribution is -2.27. The highest BCUT2D eigenvalue weighted by atomic mass is 16.4. The molecule has 1 heterocycles. The van der Waals surface area contributed by atoms with E-state index >= 15 is 0 Å². The standard InChI is InChI=1S/C10H14N2O3/c1-10(2,3)5-4-6(11)12-8(13)7(5)9(14)15/h4H,1-3H3,(H,14,15)(H3,11,12,13). The summed E-state index contributed by atoms with van der Waals surface area (Å²) in [5, 5.41) is 8.94. The minimum Gasteiger partial charge on any atom is -0.477 e. The monoisotopic (exact) mass is 210 g/mol. The molecule has 0 aromatic carbocycles. The molecule has 0 saturated heterocycles. The molecule has 0 bridgehead atoms. The van der Waals surface area contributed by atoms with Crippen LogP contribution in [0.15, 0.2) is 10.9 Å². The highest BCUT2D eigenvalue weighted by molar-refractivity contribution is 5.89. The molecule has 0 amide bonds. The van der Waals surface area contributed by atoms with Crippen molar-refractivity contribution in [2.24, 2.45) is 0 Å². The summed E-state index contributed by atoms with van der Waals surface area (Å²) < 4.78 is 0. The van der Waals surface area contributed by atoms with E-state index in [0.29, 0.717) is 5.56 Å². The van der Waals surface area contributed by atoms with Crippen molar-refractivity contribution in [1.29, 1.82) is 0 Å². The van der Waals surface area contributed by atoms with Gasteiger partial charge in [0.05, 0.1) is 0 Å². The number of aromatic amines is 1. The average molecular weight is 210 g/mol. The third-order valence-electron chi connectivity index (χ3n) is 2.08. The minimum atomic E-state index is -1.24. The molecule has 0 unspecified atom stereocenters. The third-order valence-corrected chi connectivity index (χ3v) is 2.08. The summed E-state index contributed by atoms with van der Waals surface area (Å²) in [6.45, 7) is 5.48.